The molecule has 0 bridgehead atoms. The van der Waals surface area contributed by atoms with Crippen LogP contribution >= 0.6 is 0 Å². The summed E-state index contributed by atoms with van der Waals surface area (Å²) in [5.74, 6) is 0. The zero-order valence-electron chi connectivity index (χ0n) is 5.41. The van der Waals surface area contributed by atoms with Crippen LogP contribution < -0.4 is 0 Å². The van der Waals surface area contributed by atoms with Crippen LogP contribution in [0.2, 0.25) is 0 Å². The Hall–Kier alpha value is -0.520. The van der Waals surface area contributed by atoms with Crippen molar-refractivity contribution >= 4 is 0 Å². The highest BCUT2D eigenvalue weighted by molar-refractivity contribution is 5.32. The first kappa shape index (κ1) is 5.61. The van der Waals surface area contributed by atoms with Crippen molar-refractivity contribution in [1.29, 1.82) is 0 Å². The lowest BCUT2D eigenvalue weighted by Gasteiger charge is -1.95. The summed E-state index contributed by atoms with van der Waals surface area (Å²) in [5, 5.41) is 0. The Labute approximate surface area is 50.9 Å². The van der Waals surface area contributed by atoms with Gasteiger partial charge < -0.3 is 0 Å². The van der Waals surface area contributed by atoms with E-state index in [9.17, 15) is 0 Å². The van der Waals surface area contributed by atoms with Gasteiger partial charge in [0.2, 0.25) is 0 Å². The second-order valence-electron chi connectivity index (χ2n) is 2.23. The van der Waals surface area contributed by atoms with Crippen LogP contribution in [0.5, 0.6) is 0 Å². The van der Waals surface area contributed by atoms with Gasteiger partial charge in [0, 0.05) is 0 Å². The minimum absolute atomic E-state index is 1.17. The third-order valence-electron chi connectivity index (χ3n) is 1.67. The van der Waals surface area contributed by atoms with Gasteiger partial charge in [-0.05, 0) is 24.8 Å². The van der Waals surface area contributed by atoms with Gasteiger partial charge >= 0.3 is 0 Å². The van der Waals surface area contributed by atoms with Crippen molar-refractivity contribution in [2.45, 2.75) is 26.2 Å². The van der Waals surface area contributed by atoms with E-state index in [4.69, 9.17) is 0 Å². The predicted octanol–water partition coefficient (Wildman–Crippen LogP) is 2.67. The van der Waals surface area contributed by atoms with Crippen LogP contribution in [0.3, 0.4) is 0 Å². The molecule has 1 rings (SSSR count). The van der Waals surface area contributed by atoms with Crippen LogP contribution in [0, 0.1) is 0 Å². The fourth-order valence-electron chi connectivity index (χ4n) is 1.12. The van der Waals surface area contributed by atoms with Gasteiger partial charge in [0.1, 0.15) is 0 Å². The third-order valence-corrected chi connectivity index (χ3v) is 1.67. The number of rotatable bonds is 1. The normalized spacial score (nSPS) is 19.1. The van der Waals surface area contributed by atoms with Crippen molar-refractivity contribution in [2.24, 2.45) is 0 Å². The first-order chi connectivity index (χ1) is 3.84. The minimum atomic E-state index is 1.17. The second-order valence-corrected chi connectivity index (χ2v) is 2.23. The summed E-state index contributed by atoms with van der Waals surface area (Å²) in [6.45, 7) is 6.12. The Morgan fingerprint density at radius 1 is 1.75 bits per heavy atom. The van der Waals surface area contributed by atoms with Crippen LogP contribution in [0.25, 0.3) is 0 Å². The lowest BCUT2D eigenvalue weighted by atomic mass is 10.1. The molecule has 8 heavy (non-hydrogen) atoms. The van der Waals surface area contributed by atoms with Gasteiger partial charge in [0.15, 0.2) is 0 Å². The highest BCUT2D eigenvalue weighted by Crippen LogP contribution is 2.24. The molecule has 1 aliphatic carbocycles. The molecule has 0 heterocycles. The standard InChI is InChI=1S/C8H12/c1-3-8-6-4-5-7(8)2/h6H,2-5H2,1H3. The molecule has 0 aliphatic heterocycles. The zero-order chi connectivity index (χ0) is 5.98. The summed E-state index contributed by atoms with van der Waals surface area (Å²) in [7, 11) is 0. The van der Waals surface area contributed by atoms with Gasteiger partial charge in [-0.2, -0.15) is 0 Å². The maximum atomic E-state index is 3.94. The van der Waals surface area contributed by atoms with Gasteiger partial charge in [0.05, 0.1) is 0 Å². The van der Waals surface area contributed by atoms with Gasteiger partial charge in [-0.3, -0.25) is 0 Å². The zero-order valence-corrected chi connectivity index (χ0v) is 5.41. The van der Waals surface area contributed by atoms with Crippen LogP contribution in [0.4, 0.5) is 0 Å². The molecule has 0 atom stereocenters. The van der Waals surface area contributed by atoms with Crippen LogP contribution in [0.15, 0.2) is 23.8 Å². The molecule has 0 aromatic rings. The second kappa shape index (κ2) is 2.17. The van der Waals surface area contributed by atoms with E-state index in [2.05, 4.69) is 19.6 Å². The van der Waals surface area contributed by atoms with Gasteiger partial charge in [0.25, 0.3) is 0 Å². The maximum absolute atomic E-state index is 3.94. The van der Waals surface area contributed by atoms with Crippen molar-refractivity contribution in [3.8, 4) is 0 Å². The lowest BCUT2D eigenvalue weighted by Crippen LogP contribution is -1.75. The summed E-state index contributed by atoms with van der Waals surface area (Å²) < 4.78 is 0. The molecular weight excluding hydrogens is 96.1 g/mol. The van der Waals surface area contributed by atoms with Crippen molar-refractivity contribution < 1.29 is 0 Å². The summed E-state index contributed by atoms with van der Waals surface area (Å²) in [4.78, 5) is 0. The van der Waals surface area contributed by atoms with E-state index in [1.807, 2.05) is 0 Å². The third kappa shape index (κ3) is 0.835. The summed E-state index contributed by atoms with van der Waals surface area (Å²) in [5.41, 5.74) is 2.83. The fourth-order valence-corrected chi connectivity index (χ4v) is 1.12. The monoisotopic (exact) mass is 108 g/mol. The Morgan fingerprint density at radius 2 is 2.50 bits per heavy atom. The molecule has 0 unspecified atom stereocenters. The van der Waals surface area contributed by atoms with E-state index in [0.29, 0.717) is 0 Å². The van der Waals surface area contributed by atoms with E-state index < -0.39 is 0 Å². The van der Waals surface area contributed by atoms with Gasteiger partial charge in [-0.25, -0.2) is 0 Å². The Kier molecular flexibility index (Phi) is 1.52. The largest absolute Gasteiger partial charge is 0.0956 e. The molecule has 0 fully saturated rings. The van der Waals surface area contributed by atoms with E-state index in [1.54, 1.807) is 0 Å². The van der Waals surface area contributed by atoms with Crippen molar-refractivity contribution in [3.63, 3.8) is 0 Å². The van der Waals surface area contributed by atoms with Crippen molar-refractivity contribution in [2.75, 3.05) is 0 Å². The molecule has 0 nitrogen and oxygen atoms in total. The minimum Gasteiger partial charge on any atom is -0.0956 e. The molecule has 0 saturated carbocycles. The SMILES string of the molecule is C=C1CCC=C1CC. The first-order valence-corrected chi connectivity index (χ1v) is 3.21. The van der Waals surface area contributed by atoms with E-state index in [-0.39, 0.29) is 0 Å². The number of allylic oxidation sites excluding steroid dienone is 3. The summed E-state index contributed by atoms with van der Waals surface area (Å²) in [6, 6.07) is 0. The molecule has 0 aromatic carbocycles. The predicted molar refractivity (Wildman–Crippen MR) is 36.7 cm³/mol. The average Bonchev–Trinajstić information content (AvgIpc) is 2.14. The lowest BCUT2D eigenvalue weighted by molar-refractivity contribution is 1.05. The Balaban J connectivity index is 2.62. The molecule has 0 N–H and O–H groups in total. The van der Waals surface area contributed by atoms with Crippen molar-refractivity contribution in [3.05, 3.63) is 23.8 Å². The molecule has 0 saturated heterocycles. The number of hydrogen-bond donors (Lipinski definition) is 0. The fraction of sp³-hybridized carbons (Fsp3) is 0.500. The molecule has 0 aromatic heterocycles. The number of hydrogen-bond acceptors (Lipinski definition) is 0. The molecule has 1 aliphatic rings. The molecule has 0 heteroatoms. The van der Waals surface area contributed by atoms with Crippen LogP contribution in [-0.4, -0.2) is 0 Å². The van der Waals surface area contributed by atoms with E-state index >= 15 is 0 Å². The molecule has 0 spiro atoms. The molecular formula is C8H12. The molecule has 0 radical (unpaired) electrons. The van der Waals surface area contributed by atoms with E-state index in [0.717, 1.165) is 0 Å². The van der Waals surface area contributed by atoms with Crippen LogP contribution in [0.1, 0.15) is 26.2 Å². The van der Waals surface area contributed by atoms with Gasteiger partial charge in [-0.1, -0.05) is 25.2 Å². The Morgan fingerprint density at radius 3 is 2.75 bits per heavy atom. The summed E-state index contributed by atoms with van der Waals surface area (Å²) in [6.07, 6.45) is 5.88. The topological polar surface area (TPSA) is 0 Å². The average molecular weight is 108 g/mol. The first-order valence-electron chi connectivity index (χ1n) is 3.21. The maximum Gasteiger partial charge on any atom is -0.0247 e. The summed E-state index contributed by atoms with van der Waals surface area (Å²) >= 11 is 0. The van der Waals surface area contributed by atoms with E-state index in [1.165, 1.54) is 30.4 Å². The van der Waals surface area contributed by atoms with Gasteiger partial charge in [-0.15, -0.1) is 0 Å². The quantitative estimate of drug-likeness (QED) is 0.484. The Bertz CT molecular complexity index is 129. The highest BCUT2D eigenvalue weighted by Gasteiger charge is 2.04. The molecule has 44 valence electrons. The van der Waals surface area contributed by atoms with Crippen LogP contribution in [-0.2, 0) is 0 Å². The smallest absolute Gasteiger partial charge is 0.0247 e. The van der Waals surface area contributed by atoms with Crippen molar-refractivity contribution in [1.82, 2.24) is 0 Å². The highest BCUT2D eigenvalue weighted by atomic mass is 14.1. The molecule has 0 amide bonds.